The lowest BCUT2D eigenvalue weighted by atomic mass is 10.0. The van der Waals surface area contributed by atoms with Crippen LogP contribution < -0.4 is 11.5 Å². The SMILES string of the molecule is Nc1ccc(-c2ccc3c(c2)nc(N)c2nc(CCCO)[nH]c23)cn1. The number of imidazole rings is 1. The molecule has 0 spiro atoms. The second-order valence-electron chi connectivity index (χ2n) is 5.93. The number of hydrogen-bond acceptors (Lipinski definition) is 6. The van der Waals surface area contributed by atoms with Crippen LogP contribution in [0, 0.1) is 0 Å². The topological polar surface area (TPSA) is 127 Å². The van der Waals surface area contributed by atoms with Gasteiger partial charge in [-0.15, -0.1) is 0 Å². The van der Waals surface area contributed by atoms with Crippen LogP contribution in [0.1, 0.15) is 12.2 Å². The van der Waals surface area contributed by atoms with Crippen LogP contribution in [0.4, 0.5) is 11.6 Å². The third kappa shape index (κ3) is 2.74. The van der Waals surface area contributed by atoms with Gasteiger partial charge in [0.15, 0.2) is 5.82 Å². The number of anilines is 2. The van der Waals surface area contributed by atoms with Crippen LogP contribution in [-0.2, 0) is 6.42 Å². The maximum atomic E-state index is 8.99. The van der Waals surface area contributed by atoms with E-state index in [9.17, 15) is 0 Å². The average Bonchev–Trinajstić information content (AvgIpc) is 3.05. The predicted molar refractivity (Wildman–Crippen MR) is 98.9 cm³/mol. The van der Waals surface area contributed by atoms with Crippen molar-refractivity contribution in [2.24, 2.45) is 0 Å². The minimum Gasteiger partial charge on any atom is -0.396 e. The number of aliphatic hydroxyl groups excluding tert-OH is 1. The van der Waals surface area contributed by atoms with Crippen LogP contribution >= 0.6 is 0 Å². The first-order valence-corrected chi connectivity index (χ1v) is 8.06. The number of hydrogen-bond donors (Lipinski definition) is 4. The lowest BCUT2D eigenvalue weighted by Gasteiger charge is -2.05. The van der Waals surface area contributed by atoms with Crippen molar-refractivity contribution in [3.63, 3.8) is 0 Å². The fourth-order valence-corrected chi connectivity index (χ4v) is 2.94. The number of nitrogens with one attached hydrogen (secondary N) is 1. The number of aliphatic hydroxyl groups is 1. The van der Waals surface area contributed by atoms with Gasteiger partial charge >= 0.3 is 0 Å². The van der Waals surface area contributed by atoms with Crippen LogP contribution in [0.15, 0.2) is 36.5 Å². The summed E-state index contributed by atoms with van der Waals surface area (Å²) < 4.78 is 0. The lowest BCUT2D eigenvalue weighted by molar-refractivity contribution is 0.287. The highest BCUT2D eigenvalue weighted by molar-refractivity contribution is 6.07. The van der Waals surface area contributed by atoms with Crippen LogP contribution in [-0.4, -0.2) is 31.6 Å². The van der Waals surface area contributed by atoms with Gasteiger partial charge in [-0.1, -0.05) is 12.1 Å². The van der Waals surface area contributed by atoms with Crippen molar-refractivity contribution >= 4 is 33.6 Å². The molecule has 4 rings (SSSR count). The average molecular weight is 334 g/mol. The summed E-state index contributed by atoms with van der Waals surface area (Å²) in [5.41, 5.74) is 16.0. The molecule has 0 saturated heterocycles. The highest BCUT2D eigenvalue weighted by Crippen LogP contribution is 2.30. The standard InChI is InChI=1S/C18H18N6O/c19-14-6-4-11(9-21-14)10-3-5-12-13(8-10)22-18(20)17-16(12)23-15(24-17)2-1-7-25/h3-6,8-9,25H,1-2,7H2,(H2,19,21)(H2,20,22)(H,23,24). The van der Waals surface area contributed by atoms with Gasteiger partial charge in [-0.3, -0.25) is 0 Å². The maximum Gasteiger partial charge on any atom is 0.152 e. The van der Waals surface area contributed by atoms with Crippen molar-refractivity contribution in [2.45, 2.75) is 12.8 Å². The van der Waals surface area contributed by atoms with Crippen molar-refractivity contribution < 1.29 is 5.11 Å². The molecular weight excluding hydrogens is 316 g/mol. The molecule has 0 unspecified atom stereocenters. The normalized spacial score (nSPS) is 11.4. The van der Waals surface area contributed by atoms with Crippen molar-refractivity contribution in [3.8, 4) is 11.1 Å². The molecule has 0 aliphatic carbocycles. The van der Waals surface area contributed by atoms with E-state index < -0.39 is 0 Å². The first-order chi connectivity index (χ1) is 12.2. The molecule has 7 nitrogen and oxygen atoms in total. The summed E-state index contributed by atoms with van der Waals surface area (Å²) in [4.78, 5) is 16.5. The number of aryl methyl sites for hydroxylation is 1. The van der Waals surface area contributed by atoms with Gasteiger partial charge in [0.25, 0.3) is 0 Å². The Hall–Kier alpha value is -3.19. The van der Waals surface area contributed by atoms with Gasteiger partial charge in [-0.2, -0.15) is 0 Å². The Bertz CT molecular complexity index is 1050. The third-order valence-corrected chi connectivity index (χ3v) is 4.19. The van der Waals surface area contributed by atoms with Gasteiger partial charge in [0.05, 0.1) is 11.0 Å². The molecule has 0 amide bonds. The fraction of sp³-hybridized carbons (Fsp3) is 0.167. The number of fused-ring (bicyclic) bond motifs is 3. The summed E-state index contributed by atoms with van der Waals surface area (Å²) in [7, 11) is 0. The third-order valence-electron chi connectivity index (χ3n) is 4.19. The zero-order chi connectivity index (χ0) is 17.4. The lowest BCUT2D eigenvalue weighted by Crippen LogP contribution is -1.94. The highest BCUT2D eigenvalue weighted by atomic mass is 16.2. The minimum absolute atomic E-state index is 0.129. The van der Waals surface area contributed by atoms with Gasteiger partial charge < -0.3 is 21.6 Å². The fourth-order valence-electron chi connectivity index (χ4n) is 2.94. The molecule has 0 fully saturated rings. The second kappa shape index (κ2) is 6.03. The Morgan fingerprint density at radius 3 is 2.64 bits per heavy atom. The Labute approximate surface area is 143 Å². The summed E-state index contributed by atoms with van der Waals surface area (Å²) in [5, 5.41) is 9.95. The van der Waals surface area contributed by atoms with E-state index in [2.05, 4.69) is 19.9 Å². The number of benzene rings is 1. The monoisotopic (exact) mass is 334 g/mol. The molecule has 7 heteroatoms. The van der Waals surface area contributed by atoms with E-state index in [0.29, 0.717) is 30.0 Å². The Morgan fingerprint density at radius 1 is 1.04 bits per heavy atom. The summed E-state index contributed by atoms with van der Waals surface area (Å²) in [6.45, 7) is 0.129. The number of aromatic amines is 1. The molecule has 0 radical (unpaired) electrons. The number of nitrogens with two attached hydrogens (primary N) is 2. The number of nitrogens with zero attached hydrogens (tertiary/aromatic N) is 3. The van der Waals surface area contributed by atoms with Gasteiger partial charge in [-0.25, -0.2) is 15.0 Å². The van der Waals surface area contributed by atoms with E-state index >= 15 is 0 Å². The summed E-state index contributed by atoms with van der Waals surface area (Å²) >= 11 is 0. The summed E-state index contributed by atoms with van der Waals surface area (Å²) in [6.07, 6.45) is 3.06. The number of aromatic nitrogens is 4. The molecule has 0 aliphatic heterocycles. The van der Waals surface area contributed by atoms with Crippen LogP contribution in [0.3, 0.4) is 0 Å². The number of nitrogen functional groups attached to an aromatic ring is 2. The molecule has 0 atom stereocenters. The van der Waals surface area contributed by atoms with Crippen molar-refractivity contribution in [1.29, 1.82) is 0 Å². The number of rotatable bonds is 4. The molecule has 25 heavy (non-hydrogen) atoms. The second-order valence-corrected chi connectivity index (χ2v) is 5.93. The molecule has 3 aromatic heterocycles. The van der Waals surface area contributed by atoms with E-state index in [0.717, 1.165) is 33.4 Å². The molecule has 0 saturated carbocycles. The van der Waals surface area contributed by atoms with Gasteiger partial charge in [0.1, 0.15) is 17.2 Å². The van der Waals surface area contributed by atoms with Gasteiger partial charge in [0.2, 0.25) is 0 Å². The zero-order valence-electron chi connectivity index (χ0n) is 13.5. The van der Waals surface area contributed by atoms with Gasteiger partial charge in [-0.05, 0) is 30.2 Å². The van der Waals surface area contributed by atoms with Crippen LogP contribution in [0.25, 0.3) is 33.1 Å². The Kier molecular flexibility index (Phi) is 3.70. The summed E-state index contributed by atoms with van der Waals surface area (Å²) in [6, 6.07) is 9.69. The minimum atomic E-state index is 0.129. The molecular formula is C18H18N6O. The molecule has 0 bridgehead atoms. The first-order valence-electron chi connectivity index (χ1n) is 8.06. The van der Waals surface area contributed by atoms with Crippen molar-refractivity contribution in [3.05, 3.63) is 42.4 Å². The number of H-pyrrole nitrogens is 1. The zero-order valence-corrected chi connectivity index (χ0v) is 13.5. The van der Waals surface area contributed by atoms with E-state index in [1.54, 1.807) is 12.3 Å². The summed E-state index contributed by atoms with van der Waals surface area (Å²) in [5.74, 6) is 1.68. The van der Waals surface area contributed by atoms with Crippen molar-refractivity contribution in [1.82, 2.24) is 19.9 Å². The van der Waals surface area contributed by atoms with Gasteiger partial charge in [0, 0.05) is 30.2 Å². The van der Waals surface area contributed by atoms with E-state index in [-0.39, 0.29) is 6.61 Å². The molecule has 6 N–H and O–H groups in total. The Morgan fingerprint density at radius 2 is 1.88 bits per heavy atom. The largest absolute Gasteiger partial charge is 0.396 e. The smallest absolute Gasteiger partial charge is 0.152 e. The van der Waals surface area contributed by atoms with E-state index in [1.165, 1.54) is 0 Å². The molecule has 126 valence electrons. The highest BCUT2D eigenvalue weighted by Gasteiger charge is 2.12. The number of pyridine rings is 2. The first kappa shape index (κ1) is 15.3. The van der Waals surface area contributed by atoms with Crippen LogP contribution in [0.5, 0.6) is 0 Å². The quantitative estimate of drug-likeness (QED) is 0.453. The van der Waals surface area contributed by atoms with E-state index in [1.807, 2.05) is 24.3 Å². The predicted octanol–water partition coefficient (Wildman–Crippen LogP) is 2.26. The Balaban J connectivity index is 1.85. The molecule has 1 aromatic carbocycles. The molecule has 3 heterocycles. The van der Waals surface area contributed by atoms with Crippen molar-refractivity contribution in [2.75, 3.05) is 18.1 Å². The molecule has 4 aromatic rings. The molecule has 0 aliphatic rings. The van der Waals surface area contributed by atoms with Crippen LogP contribution in [0.2, 0.25) is 0 Å². The maximum absolute atomic E-state index is 8.99. The van der Waals surface area contributed by atoms with E-state index in [4.69, 9.17) is 16.6 Å².